The molecule has 3 rings (SSSR count). The molecule has 3 aromatic rings. The Balaban J connectivity index is 2.25. The van der Waals surface area contributed by atoms with Crippen molar-refractivity contribution in [2.24, 2.45) is 0 Å². The van der Waals surface area contributed by atoms with Crippen LogP contribution in [0.3, 0.4) is 0 Å². The molecular weight excluding hydrogens is 387 g/mol. The summed E-state index contributed by atoms with van der Waals surface area (Å²) in [5.41, 5.74) is -1.05. The number of benzene rings is 2. The minimum Gasteiger partial charge on any atom is -0.444 e. The number of hydrogen-bond acceptors (Lipinski definition) is 5. The van der Waals surface area contributed by atoms with E-state index in [1.54, 1.807) is 58.0 Å². The number of alkyl carbamates (subject to hydrolysis) is 1. The Morgan fingerprint density at radius 2 is 1.90 bits per heavy atom. The van der Waals surface area contributed by atoms with E-state index in [0.717, 1.165) is 6.07 Å². The molecule has 1 N–H and O–H groups in total. The number of para-hydroxylation sites is 1. The molecule has 1 aromatic heterocycles. The molecule has 0 saturated heterocycles. The third kappa shape index (κ3) is 4.15. The summed E-state index contributed by atoms with van der Waals surface area (Å²) in [6.07, 6.45) is -0.699. The van der Waals surface area contributed by atoms with Crippen LogP contribution in [0, 0.1) is 17.1 Å². The molecule has 8 heteroatoms. The number of nitrogens with zero attached hydrogens (tertiary/aromatic N) is 3. The maximum absolute atomic E-state index is 14.5. The number of fused-ring (bicyclic) bond motifs is 1. The second-order valence-electron chi connectivity index (χ2n) is 7.74. The number of nitrogens with one attached hydrogen (secondary N) is 1. The van der Waals surface area contributed by atoms with Gasteiger partial charge in [-0.2, -0.15) is 5.26 Å². The first-order chi connectivity index (χ1) is 14.1. The fourth-order valence-corrected chi connectivity index (χ4v) is 3.03. The highest BCUT2D eigenvalue weighted by Crippen LogP contribution is 2.22. The Morgan fingerprint density at radius 3 is 2.50 bits per heavy atom. The SMILES string of the molecule is C[C@H](NC(=O)OC(C)(C)C)c1nc2c(F)ccc(C#N)c2c(=O)n1-c1ccccc1. The quantitative estimate of drug-likeness (QED) is 0.707. The van der Waals surface area contributed by atoms with E-state index in [-0.39, 0.29) is 22.3 Å². The molecule has 1 heterocycles. The van der Waals surface area contributed by atoms with Gasteiger partial charge >= 0.3 is 6.09 Å². The summed E-state index contributed by atoms with van der Waals surface area (Å²) in [5.74, 6) is -0.620. The summed E-state index contributed by atoms with van der Waals surface area (Å²) in [5, 5.41) is 11.9. The van der Waals surface area contributed by atoms with Crippen LogP contribution in [0.25, 0.3) is 16.6 Å². The molecule has 154 valence electrons. The van der Waals surface area contributed by atoms with Gasteiger partial charge in [-0.25, -0.2) is 14.2 Å². The molecule has 1 atom stereocenters. The second kappa shape index (κ2) is 7.95. The molecule has 0 aliphatic heterocycles. The summed E-state index contributed by atoms with van der Waals surface area (Å²) in [6, 6.07) is 12.1. The monoisotopic (exact) mass is 408 g/mol. The van der Waals surface area contributed by atoms with Crippen molar-refractivity contribution >= 4 is 17.0 Å². The van der Waals surface area contributed by atoms with Crippen molar-refractivity contribution in [1.29, 1.82) is 5.26 Å². The molecule has 0 aliphatic rings. The van der Waals surface area contributed by atoms with Gasteiger partial charge in [-0.15, -0.1) is 0 Å². The van der Waals surface area contributed by atoms with Crippen molar-refractivity contribution in [3.63, 3.8) is 0 Å². The fourth-order valence-electron chi connectivity index (χ4n) is 3.03. The van der Waals surface area contributed by atoms with Crippen molar-refractivity contribution in [2.45, 2.75) is 39.3 Å². The lowest BCUT2D eigenvalue weighted by Gasteiger charge is -2.23. The second-order valence-corrected chi connectivity index (χ2v) is 7.74. The number of carbonyl (C=O) groups excluding carboxylic acids is 1. The Bertz CT molecular complexity index is 1210. The molecular formula is C22H21FN4O3. The average molecular weight is 408 g/mol. The van der Waals surface area contributed by atoms with E-state index in [0.29, 0.717) is 5.69 Å². The van der Waals surface area contributed by atoms with E-state index in [1.807, 2.05) is 6.07 Å². The standard InChI is InChI=1S/C22H21FN4O3/c1-13(25-21(29)30-22(2,3)4)19-26-18-16(23)11-10-14(12-24)17(18)20(28)27(19)15-8-6-5-7-9-15/h5-11,13H,1-4H3,(H,25,29)/t13-/m0/s1. The van der Waals surface area contributed by atoms with Crippen LogP contribution in [0.4, 0.5) is 9.18 Å². The van der Waals surface area contributed by atoms with Crippen molar-refractivity contribution in [1.82, 2.24) is 14.9 Å². The van der Waals surface area contributed by atoms with Crippen LogP contribution >= 0.6 is 0 Å². The van der Waals surface area contributed by atoms with E-state index in [1.165, 1.54) is 10.6 Å². The van der Waals surface area contributed by atoms with Gasteiger partial charge in [0.05, 0.1) is 22.7 Å². The number of amides is 1. The van der Waals surface area contributed by atoms with Crippen LogP contribution in [0.1, 0.15) is 45.1 Å². The molecule has 1 amide bonds. The van der Waals surface area contributed by atoms with E-state index >= 15 is 0 Å². The first-order valence-electron chi connectivity index (χ1n) is 9.32. The Hall–Kier alpha value is -3.73. The number of aromatic nitrogens is 2. The molecule has 0 radical (unpaired) electrons. The van der Waals surface area contributed by atoms with Gasteiger partial charge in [0.1, 0.15) is 28.8 Å². The molecule has 30 heavy (non-hydrogen) atoms. The van der Waals surface area contributed by atoms with Crippen molar-refractivity contribution in [3.05, 3.63) is 70.0 Å². The molecule has 7 nitrogen and oxygen atoms in total. The molecule has 0 aliphatic carbocycles. The van der Waals surface area contributed by atoms with Crippen molar-refractivity contribution < 1.29 is 13.9 Å². The first-order valence-corrected chi connectivity index (χ1v) is 9.32. The van der Waals surface area contributed by atoms with Crippen molar-refractivity contribution in [2.75, 3.05) is 0 Å². The predicted octanol–water partition coefficient (Wildman–Crippen LogP) is 3.98. The van der Waals surface area contributed by atoms with Crippen LogP contribution < -0.4 is 10.9 Å². The lowest BCUT2D eigenvalue weighted by atomic mass is 10.1. The number of carbonyl (C=O) groups is 1. The zero-order valence-electron chi connectivity index (χ0n) is 17.1. The third-order valence-electron chi connectivity index (χ3n) is 4.26. The topological polar surface area (TPSA) is 97.0 Å². The molecule has 2 aromatic carbocycles. The minimum absolute atomic E-state index is 0.0212. The van der Waals surface area contributed by atoms with E-state index in [9.17, 15) is 19.2 Å². The van der Waals surface area contributed by atoms with Crippen molar-refractivity contribution in [3.8, 4) is 11.8 Å². The zero-order chi connectivity index (χ0) is 22.1. The highest BCUT2D eigenvalue weighted by Gasteiger charge is 2.24. The van der Waals surface area contributed by atoms with Gasteiger partial charge < -0.3 is 10.1 Å². The molecule has 0 spiro atoms. The zero-order valence-corrected chi connectivity index (χ0v) is 17.1. The lowest BCUT2D eigenvalue weighted by molar-refractivity contribution is 0.0505. The minimum atomic E-state index is -0.790. The van der Waals surface area contributed by atoms with Gasteiger partial charge in [0.25, 0.3) is 5.56 Å². The molecule has 0 unspecified atom stereocenters. The number of ether oxygens (including phenoxy) is 1. The number of hydrogen-bond donors (Lipinski definition) is 1. The number of rotatable bonds is 3. The Morgan fingerprint density at radius 1 is 1.23 bits per heavy atom. The van der Waals surface area contributed by atoms with Crippen LogP contribution in [0.5, 0.6) is 0 Å². The molecule has 0 saturated carbocycles. The van der Waals surface area contributed by atoms with Crippen LogP contribution in [0.15, 0.2) is 47.3 Å². The summed E-state index contributed by atoms with van der Waals surface area (Å²) in [7, 11) is 0. The molecule has 0 bridgehead atoms. The van der Waals surface area contributed by atoms with Gasteiger partial charge in [0.15, 0.2) is 0 Å². The van der Waals surface area contributed by atoms with Gasteiger partial charge in [0.2, 0.25) is 0 Å². The van der Waals surface area contributed by atoms with Gasteiger partial charge in [-0.1, -0.05) is 18.2 Å². The number of nitriles is 1. The normalized spacial score (nSPS) is 12.3. The predicted molar refractivity (Wildman–Crippen MR) is 110 cm³/mol. The van der Waals surface area contributed by atoms with Gasteiger partial charge in [-0.3, -0.25) is 9.36 Å². The largest absolute Gasteiger partial charge is 0.444 e. The van der Waals surface area contributed by atoms with E-state index < -0.39 is 29.1 Å². The van der Waals surface area contributed by atoms with Gasteiger partial charge in [-0.05, 0) is 52.0 Å². The summed E-state index contributed by atoms with van der Waals surface area (Å²) in [6.45, 7) is 6.79. The molecule has 0 fully saturated rings. The Labute approximate surface area is 172 Å². The highest BCUT2D eigenvalue weighted by atomic mass is 19.1. The van der Waals surface area contributed by atoms with E-state index in [4.69, 9.17) is 4.74 Å². The van der Waals surface area contributed by atoms with Crippen LogP contribution in [-0.4, -0.2) is 21.2 Å². The Kier molecular flexibility index (Phi) is 5.56. The first kappa shape index (κ1) is 21.0. The number of halogens is 1. The third-order valence-corrected chi connectivity index (χ3v) is 4.26. The van der Waals surface area contributed by atoms with Crippen LogP contribution in [-0.2, 0) is 4.74 Å². The maximum atomic E-state index is 14.5. The smallest absolute Gasteiger partial charge is 0.408 e. The average Bonchev–Trinajstić information content (AvgIpc) is 2.67. The maximum Gasteiger partial charge on any atom is 0.408 e. The highest BCUT2D eigenvalue weighted by molar-refractivity contribution is 5.85. The summed E-state index contributed by atoms with van der Waals surface area (Å²) in [4.78, 5) is 29.9. The fraction of sp³-hybridized carbons (Fsp3) is 0.273. The summed E-state index contributed by atoms with van der Waals surface area (Å²) < 4.78 is 21.1. The lowest BCUT2D eigenvalue weighted by Crippen LogP contribution is -2.37. The summed E-state index contributed by atoms with van der Waals surface area (Å²) >= 11 is 0. The van der Waals surface area contributed by atoms with Gasteiger partial charge in [0, 0.05) is 0 Å². The van der Waals surface area contributed by atoms with Crippen LogP contribution in [0.2, 0.25) is 0 Å². The van der Waals surface area contributed by atoms with E-state index in [2.05, 4.69) is 10.3 Å².